The second kappa shape index (κ2) is 5.46. The summed E-state index contributed by atoms with van der Waals surface area (Å²) < 4.78 is 13.7. The van der Waals surface area contributed by atoms with E-state index in [1.165, 1.54) is 18.9 Å². The molecule has 1 atom stereocenters. The third kappa shape index (κ3) is 2.87. The Morgan fingerprint density at radius 3 is 2.71 bits per heavy atom. The zero-order valence-electron chi connectivity index (χ0n) is 10.00. The fraction of sp³-hybridized carbons (Fsp3) is 0.538. The Morgan fingerprint density at radius 2 is 2.24 bits per heavy atom. The molecule has 0 amide bonds. The number of hydrogen-bond acceptors (Lipinski definition) is 2. The van der Waals surface area contributed by atoms with Crippen molar-refractivity contribution >= 4 is 15.9 Å². The van der Waals surface area contributed by atoms with Crippen LogP contribution in [0.5, 0.6) is 0 Å². The molecule has 0 aliphatic heterocycles. The van der Waals surface area contributed by atoms with Crippen molar-refractivity contribution in [2.75, 3.05) is 13.1 Å². The normalized spacial score (nSPS) is 17.5. The third-order valence-corrected chi connectivity index (χ3v) is 3.94. The lowest BCUT2D eigenvalue weighted by Crippen LogP contribution is -2.35. The van der Waals surface area contributed by atoms with Crippen LogP contribution in [0.3, 0.4) is 0 Å². The average molecular weight is 301 g/mol. The van der Waals surface area contributed by atoms with Gasteiger partial charge in [0.05, 0.1) is 4.47 Å². The standard InChI is InChI=1S/C13H18BrFN2/c1-2-17(10-4-5-10)13(8-16)9-3-6-12(15)11(14)7-9/h3,6-7,10,13H,2,4-5,8,16H2,1H3. The molecule has 1 aromatic carbocycles. The number of likely N-dealkylation sites (N-methyl/N-ethyl adjacent to an activating group) is 1. The van der Waals surface area contributed by atoms with Gasteiger partial charge >= 0.3 is 0 Å². The van der Waals surface area contributed by atoms with Gasteiger partial charge in [-0.2, -0.15) is 0 Å². The molecule has 0 bridgehead atoms. The highest BCUT2D eigenvalue weighted by Crippen LogP contribution is 2.34. The van der Waals surface area contributed by atoms with Crippen molar-refractivity contribution in [3.63, 3.8) is 0 Å². The van der Waals surface area contributed by atoms with E-state index in [1.54, 1.807) is 0 Å². The summed E-state index contributed by atoms with van der Waals surface area (Å²) in [7, 11) is 0. The van der Waals surface area contributed by atoms with Crippen molar-refractivity contribution in [1.29, 1.82) is 0 Å². The van der Waals surface area contributed by atoms with Crippen molar-refractivity contribution in [2.24, 2.45) is 5.73 Å². The fourth-order valence-electron chi connectivity index (χ4n) is 2.32. The molecular formula is C13H18BrFN2. The van der Waals surface area contributed by atoms with E-state index in [0.29, 0.717) is 17.1 Å². The Kier molecular flexibility index (Phi) is 4.17. The second-order valence-electron chi connectivity index (χ2n) is 4.49. The maximum Gasteiger partial charge on any atom is 0.137 e. The Labute approximate surface area is 110 Å². The molecule has 1 aliphatic carbocycles. The molecule has 94 valence electrons. The Balaban J connectivity index is 2.23. The first-order valence-corrected chi connectivity index (χ1v) is 6.87. The zero-order chi connectivity index (χ0) is 12.4. The molecule has 1 aromatic rings. The summed E-state index contributed by atoms with van der Waals surface area (Å²) in [5.41, 5.74) is 6.98. The van der Waals surface area contributed by atoms with E-state index < -0.39 is 0 Å². The van der Waals surface area contributed by atoms with Crippen LogP contribution in [0, 0.1) is 5.82 Å². The molecule has 0 spiro atoms. The van der Waals surface area contributed by atoms with Crippen LogP contribution < -0.4 is 5.73 Å². The summed E-state index contributed by atoms with van der Waals surface area (Å²) >= 11 is 3.23. The number of nitrogens with zero attached hydrogens (tertiary/aromatic N) is 1. The van der Waals surface area contributed by atoms with Crippen molar-refractivity contribution in [1.82, 2.24) is 4.90 Å². The van der Waals surface area contributed by atoms with Crippen molar-refractivity contribution in [3.8, 4) is 0 Å². The average Bonchev–Trinajstić information content (AvgIpc) is 3.14. The van der Waals surface area contributed by atoms with Crippen LogP contribution in [0.25, 0.3) is 0 Å². The monoisotopic (exact) mass is 300 g/mol. The smallest absolute Gasteiger partial charge is 0.137 e. The summed E-state index contributed by atoms with van der Waals surface area (Å²) in [4.78, 5) is 2.42. The van der Waals surface area contributed by atoms with Gasteiger partial charge in [-0.15, -0.1) is 0 Å². The van der Waals surface area contributed by atoms with Gasteiger partial charge < -0.3 is 5.73 Å². The number of rotatable bonds is 5. The van der Waals surface area contributed by atoms with Crippen LogP contribution in [0.1, 0.15) is 31.4 Å². The number of nitrogens with two attached hydrogens (primary N) is 1. The minimum Gasteiger partial charge on any atom is -0.329 e. The maximum absolute atomic E-state index is 13.2. The molecular weight excluding hydrogens is 283 g/mol. The highest BCUT2D eigenvalue weighted by molar-refractivity contribution is 9.10. The van der Waals surface area contributed by atoms with E-state index in [0.717, 1.165) is 12.1 Å². The van der Waals surface area contributed by atoms with Gasteiger partial charge in [-0.1, -0.05) is 13.0 Å². The molecule has 2 N–H and O–H groups in total. The van der Waals surface area contributed by atoms with Crippen LogP contribution in [-0.4, -0.2) is 24.0 Å². The molecule has 2 rings (SSSR count). The Morgan fingerprint density at radius 1 is 1.53 bits per heavy atom. The fourth-order valence-corrected chi connectivity index (χ4v) is 2.72. The van der Waals surface area contributed by atoms with Gasteiger partial charge in [0.1, 0.15) is 5.82 Å². The SMILES string of the molecule is CCN(C1CC1)C(CN)c1ccc(F)c(Br)c1. The number of hydrogen-bond donors (Lipinski definition) is 1. The van der Waals surface area contributed by atoms with Gasteiger partial charge in [0, 0.05) is 18.6 Å². The van der Waals surface area contributed by atoms with Crippen molar-refractivity contribution in [3.05, 3.63) is 34.1 Å². The van der Waals surface area contributed by atoms with Gasteiger partial charge in [0.2, 0.25) is 0 Å². The predicted molar refractivity (Wildman–Crippen MR) is 71.3 cm³/mol. The molecule has 0 saturated heterocycles. The molecule has 0 radical (unpaired) electrons. The molecule has 2 nitrogen and oxygen atoms in total. The molecule has 1 fully saturated rings. The summed E-state index contributed by atoms with van der Waals surface area (Å²) in [6.45, 7) is 3.71. The van der Waals surface area contributed by atoms with E-state index in [-0.39, 0.29) is 11.9 Å². The first-order chi connectivity index (χ1) is 8.17. The minimum atomic E-state index is -0.223. The van der Waals surface area contributed by atoms with Gasteiger partial charge in [0.15, 0.2) is 0 Å². The van der Waals surface area contributed by atoms with Gasteiger partial charge in [-0.3, -0.25) is 4.90 Å². The maximum atomic E-state index is 13.2. The quantitative estimate of drug-likeness (QED) is 0.905. The molecule has 17 heavy (non-hydrogen) atoms. The zero-order valence-corrected chi connectivity index (χ0v) is 11.6. The number of benzene rings is 1. The molecule has 1 saturated carbocycles. The Bertz CT molecular complexity index is 393. The van der Waals surface area contributed by atoms with Crippen LogP contribution in [0.4, 0.5) is 4.39 Å². The highest BCUT2D eigenvalue weighted by atomic mass is 79.9. The van der Waals surface area contributed by atoms with Crippen LogP contribution in [0.2, 0.25) is 0 Å². The van der Waals surface area contributed by atoms with Gasteiger partial charge in [-0.05, 0) is 53.0 Å². The largest absolute Gasteiger partial charge is 0.329 e. The van der Waals surface area contributed by atoms with Crippen LogP contribution in [-0.2, 0) is 0 Å². The summed E-state index contributed by atoms with van der Waals surface area (Å²) in [5.74, 6) is -0.223. The highest BCUT2D eigenvalue weighted by Gasteiger charge is 2.32. The van der Waals surface area contributed by atoms with Gasteiger partial charge in [-0.25, -0.2) is 4.39 Å². The van der Waals surface area contributed by atoms with E-state index in [9.17, 15) is 4.39 Å². The first-order valence-electron chi connectivity index (χ1n) is 6.08. The second-order valence-corrected chi connectivity index (χ2v) is 5.34. The predicted octanol–water partition coefficient (Wildman–Crippen LogP) is 3.07. The first kappa shape index (κ1) is 13.0. The molecule has 0 heterocycles. The lowest BCUT2D eigenvalue weighted by molar-refractivity contribution is 0.202. The van der Waals surface area contributed by atoms with E-state index in [4.69, 9.17) is 5.73 Å². The van der Waals surface area contributed by atoms with Crippen LogP contribution in [0.15, 0.2) is 22.7 Å². The molecule has 1 aliphatic rings. The third-order valence-electron chi connectivity index (χ3n) is 3.33. The summed E-state index contributed by atoms with van der Waals surface area (Å²) in [6.07, 6.45) is 2.51. The topological polar surface area (TPSA) is 29.3 Å². The van der Waals surface area contributed by atoms with Gasteiger partial charge in [0.25, 0.3) is 0 Å². The van der Waals surface area contributed by atoms with Crippen LogP contribution >= 0.6 is 15.9 Å². The molecule has 1 unspecified atom stereocenters. The Hall–Kier alpha value is -0.450. The molecule has 4 heteroatoms. The summed E-state index contributed by atoms with van der Waals surface area (Å²) in [6, 6.07) is 6.05. The van der Waals surface area contributed by atoms with E-state index >= 15 is 0 Å². The molecule has 0 aromatic heterocycles. The van der Waals surface area contributed by atoms with Crippen molar-refractivity contribution < 1.29 is 4.39 Å². The summed E-state index contributed by atoms with van der Waals surface area (Å²) in [5, 5.41) is 0. The lowest BCUT2D eigenvalue weighted by atomic mass is 10.1. The number of halogens is 2. The van der Waals surface area contributed by atoms with E-state index in [2.05, 4.69) is 27.8 Å². The van der Waals surface area contributed by atoms with E-state index in [1.807, 2.05) is 12.1 Å². The minimum absolute atomic E-state index is 0.199. The lowest BCUT2D eigenvalue weighted by Gasteiger charge is -2.30. The van der Waals surface area contributed by atoms with Crippen molar-refractivity contribution in [2.45, 2.75) is 31.8 Å².